The Labute approximate surface area is 119 Å². The lowest BCUT2D eigenvalue weighted by molar-refractivity contribution is -0.138. The average molecular weight is 299 g/mol. The number of nitrogens with zero attached hydrogens (tertiary/aromatic N) is 1. The van der Waals surface area contributed by atoms with Crippen LogP contribution in [-0.2, 0) is 14.4 Å². The molecule has 1 saturated heterocycles. The first-order chi connectivity index (χ1) is 9.34. The second kappa shape index (κ2) is 5.20. The number of hydrogen-bond donors (Lipinski definition) is 1. The number of likely N-dealkylation sites (tertiary alicyclic amines) is 1. The Morgan fingerprint density at radius 1 is 1.35 bits per heavy atom. The van der Waals surface area contributed by atoms with Gasteiger partial charge in [-0.15, -0.1) is 0 Å². The quantitative estimate of drug-likeness (QED) is 0.667. The van der Waals surface area contributed by atoms with Crippen LogP contribution in [0.2, 0.25) is 5.02 Å². The standard InChI is InChI=1S/C13H12ClFN2O3/c1-6-9(13(20)17(2)12(6)19)11(18)16-8-5-3-4-7(15)10(8)14/h3-6,9H,1-2H3,(H,16,18). The maximum atomic E-state index is 13.3. The van der Waals surface area contributed by atoms with Crippen molar-refractivity contribution >= 4 is 35.0 Å². The molecule has 7 heteroatoms. The predicted molar refractivity (Wildman–Crippen MR) is 70.5 cm³/mol. The summed E-state index contributed by atoms with van der Waals surface area (Å²) in [4.78, 5) is 36.5. The zero-order valence-corrected chi connectivity index (χ0v) is 11.6. The fourth-order valence-electron chi connectivity index (χ4n) is 2.13. The molecule has 0 saturated carbocycles. The number of halogens is 2. The molecule has 0 bridgehead atoms. The minimum atomic E-state index is -1.12. The summed E-state index contributed by atoms with van der Waals surface area (Å²) in [5, 5.41) is 2.15. The Hall–Kier alpha value is -1.95. The fraction of sp³-hybridized carbons (Fsp3) is 0.308. The lowest BCUT2D eigenvalue weighted by Crippen LogP contribution is -2.32. The van der Waals surface area contributed by atoms with Crippen molar-refractivity contribution in [3.63, 3.8) is 0 Å². The molecule has 2 rings (SSSR count). The molecule has 0 aliphatic carbocycles. The van der Waals surface area contributed by atoms with Crippen molar-refractivity contribution in [2.75, 3.05) is 12.4 Å². The predicted octanol–water partition coefficient (Wildman–Crippen LogP) is 1.67. The highest BCUT2D eigenvalue weighted by molar-refractivity contribution is 6.34. The molecule has 1 aromatic rings. The highest BCUT2D eigenvalue weighted by atomic mass is 35.5. The number of anilines is 1. The van der Waals surface area contributed by atoms with Crippen LogP contribution in [0.15, 0.2) is 18.2 Å². The van der Waals surface area contributed by atoms with Gasteiger partial charge in [0, 0.05) is 7.05 Å². The topological polar surface area (TPSA) is 66.5 Å². The molecule has 0 aromatic heterocycles. The van der Waals surface area contributed by atoms with Crippen LogP contribution in [0.3, 0.4) is 0 Å². The number of carbonyl (C=O) groups excluding carboxylic acids is 3. The van der Waals surface area contributed by atoms with E-state index in [1.165, 1.54) is 26.1 Å². The monoisotopic (exact) mass is 298 g/mol. The molecule has 3 amide bonds. The van der Waals surface area contributed by atoms with E-state index in [4.69, 9.17) is 11.6 Å². The van der Waals surface area contributed by atoms with Crippen molar-refractivity contribution in [2.45, 2.75) is 6.92 Å². The van der Waals surface area contributed by atoms with Gasteiger partial charge in [0.2, 0.25) is 17.7 Å². The normalized spacial score (nSPS) is 22.3. The van der Waals surface area contributed by atoms with E-state index in [-0.39, 0.29) is 10.7 Å². The molecule has 0 spiro atoms. The van der Waals surface area contributed by atoms with Gasteiger partial charge in [0.25, 0.3) is 0 Å². The van der Waals surface area contributed by atoms with E-state index in [1.54, 1.807) is 0 Å². The highest BCUT2D eigenvalue weighted by Crippen LogP contribution is 2.29. The van der Waals surface area contributed by atoms with E-state index in [0.29, 0.717) is 0 Å². The number of benzene rings is 1. The van der Waals surface area contributed by atoms with Crippen molar-refractivity contribution in [2.24, 2.45) is 11.8 Å². The molecule has 2 atom stereocenters. The van der Waals surface area contributed by atoms with Crippen molar-refractivity contribution < 1.29 is 18.8 Å². The molecule has 106 valence electrons. The summed E-state index contributed by atoms with van der Waals surface area (Å²) in [7, 11) is 1.32. The van der Waals surface area contributed by atoms with E-state index in [0.717, 1.165) is 11.0 Å². The van der Waals surface area contributed by atoms with Gasteiger partial charge in [0.15, 0.2) is 0 Å². The summed E-state index contributed by atoms with van der Waals surface area (Å²) in [5.74, 6) is -4.21. The fourth-order valence-corrected chi connectivity index (χ4v) is 2.30. The maximum absolute atomic E-state index is 13.3. The van der Waals surface area contributed by atoms with Crippen LogP contribution < -0.4 is 5.32 Å². The number of carbonyl (C=O) groups is 3. The van der Waals surface area contributed by atoms with Crippen LogP contribution in [-0.4, -0.2) is 29.7 Å². The van der Waals surface area contributed by atoms with Gasteiger partial charge in [-0.2, -0.15) is 0 Å². The number of imide groups is 1. The van der Waals surface area contributed by atoms with E-state index < -0.39 is 35.4 Å². The van der Waals surface area contributed by atoms with E-state index >= 15 is 0 Å². The molecule has 1 fully saturated rings. The number of hydrogen-bond acceptors (Lipinski definition) is 3. The van der Waals surface area contributed by atoms with Crippen molar-refractivity contribution in [3.05, 3.63) is 29.0 Å². The molecule has 1 heterocycles. The van der Waals surface area contributed by atoms with E-state index in [9.17, 15) is 18.8 Å². The molecule has 2 unspecified atom stereocenters. The Bertz CT molecular complexity index is 605. The second-order valence-corrected chi connectivity index (χ2v) is 4.97. The van der Waals surface area contributed by atoms with Gasteiger partial charge in [-0.3, -0.25) is 19.3 Å². The molecule has 1 N–H and O–H groups in total. The minimum Gasteiger partial charge on any atom is -0.324 e. The lowest BCUT2D eigenvalue weighted by atomic mass is 9.96. The first kappa shape index (κ1) is 14.5. The SMILES string of the molecule is CC1C(=O)N(C)C(=O)C1C(=O)Nc1cccc(F)c1Cl. The third kappa shape index (κ3) is 2.27. The Morgan fingerprint density at radius 2 is 2.00 bits per heavy atom. The van der Waals surface area contributed by atoms with E-state index in [1.807, 2.05) is 0 Å². The van der Waals surface area contributed by atoms with Gasteiger partial charge in [0.05, 0.1) is 16.6 Å². The Morgan fingerprint density at radius 3 is 2.55 bits per heavy atom. The van der Waals surface area contributed by atoms with Crippen LogP contribution in [0.1, 0.15) is 6.92 Å². The summed E-state index contributed by atoms with van der Waals surface area (Å²) < 4.78 is 13.3. The van der Waals surface area contributed by atoms with Gasteiger partial charge in [0.1, 0.15) is 11.7 Å². The molecule has 1 aliphatic heterocycles. The molecular weight excluding hydrogens is 287 g/mol. The summed E-state index contributed by atoms with van der Waals surface area (Å²) in [5.41, 5.74) is 0.0682. The van der Waals surface area contributed by atoms with Crippen molar-refractivity contribution in [3.8, 4) is 0 Å². The van der Waals surface area contributed by atoms with Crippen molar-refractivity contribution in [1.82, 2.24) is 4.90 Å². The average Bonchev–Trinajstić information content (AvgIpc) is 2.59. The Kier molecular flexibility index (Phi) is 3.76. The van der Waals surface area contributed by atoms with Crippen LogP contribution in [0.5, 0.6) is 0 Å². The third-order valence-electron chi connectivity index (χ3n) is 3.31. The van der Waals surface area contributed by atoms with E-state index in [2.05, 4.69) is 5.32 Å². The zero-order valence-electron chi connectivity index (χ0n) is 10.8. The largest absolute Gasteiger partial charge is 0.324 e. The first-order valence-corrected chi connectivity index (χ1v) is 6.28. The van der Waals surface area contributed by atoms with Gasteiger partial charge in [-0.05, 0) is 12.1 Å². The van der Waals surface area contributed by atoms with Crippen LogP contribution in [0, 0.1) is 17.7 Å². The van der Waals surface area contributed by atoms with Crippen LogP contribution in [0.25, 0.3) is 0 Å². The lowest BCUT2D eigenvalue weighted by Gasteiger charge is -2.13. The summed E-state index contributed by atoms with van der Waals surface area (Å²) in [6, 6.07) is 3.95. The zero-order chi connectivity index (χ0) is 15.0. The van der Waals surface area contributed by atoms with Gasteiger partial charge in [-0.1, -0.05) is 24.6 Å². The third-order valence-corrected chi connectivity index (χ3v) is 3.69. The smallest absolute Gasteiger partial charge is 0.242 e. The number of nitrogens with one attached hydrogen (secondary N) is 1. The second-order valence-electron chi connectivity index (χ2n) is 4.59. The molecule has 5 nitrogen and oxygen atoms in total. The summed E-state index contributed by atoms with van der Waals surface area (Å²) in [6.45, 7) is 1.50. The highest BCUT2D eigenvalue weighted by Gasteiger charge is 2.47. The van der Waals surface area contributed by atoms with Gasteiger partial charge < -0.3 is 5.32 Å². The minimum absolute atomic E-state index is 0.0682. The van der Waals surface area contributed by atoms with Gasteiger partial charge in [-0.25, -0.2) is 4.39 Å². The Balaban J connectivity index is 2.23. The summed E-state index contributed by atoms with van der Waals surface area (Å²) >= 11 is 5.72. The summed E-state index contributed by atoms with van der Waals surface area (Å²) in [6.07, 6.45) is 0. The van der Waals surface area contributed by atoms with Crippen molar-refractivity contribution in [1.29, 1.82) is 0 Å². The molecule has 20 heavy (non-hydrogen) atoms. The van der Waals surface area contributed by atoms with Gasteiger partial charge >= 0.3 is 0 Å². The number of rotatable bonds is 2. The van der Waals surface area contributed by atoms with Crippen LogP contribution in [0.4, 0.5) is 10.1 Å². The molecular formula is C13H12ClFN2O3. The van der Waals surface area contributed by atoms with Crippen LogP contribution >= 0.6 is 11.6 Å². The number of amides is 3. The molecule has 1 aromatic carbocycles. The first-order valence-electron chi connectivity index (χ1n) is 5.91. The maximum Gasteiger partial charge on any atom is 0.242 e. The molecule has 1 aliphatic rings. The molecule has 0 radical (unpaired) electrons.